The van der Waals surface area contributed by atoms with E-state index < -0.39 is 11.6 Å². The number of halogens is 1. The highest BCUT2D eigenvalue weighted by Crippen LogP contribution is 2.37. The van der Waals surface area contributed by atoms with Gasteiger partial charge in [0, 0.05) is 23.1 Å². The largest absolute Gasteiger partial charge is 0.497 e. The number of methoxy groups -OCH3 is 1. The van der Waals surface area contributed by atoms with Gasteiger partial charge in [0.05, 0.1) is 30.5 Å². The lowest BCUT2D eigenvalue weighted by atomic mass is 9.96. The van der Waals surface area contributed by atoms with E-state index in [1.807, 2.05) is 52.0 Å². The Morgan fingerprint density at radius 2 is 1.83 bits per heavy atom. The molecule has 8 nitrogen and oxygen atoms in total. The zero-order chi connectivity index (χ0) is 30.0. The average Bonchev–Trinajstić information content (AvgIpc) is 3.52. The molecule has 3 heterocycles. The fraction of sp³-hybridized carbons (Fsp3) is 0.344. The maximum atomic E-state index is 14.6. The van der Waals surface area contributed by atoms with Crippen molar-refractivity contribution in [2.45, 2.75) is 57.3 Å². The lowest BCUT2D eigenvalue weighted by Crippen LogP contribution is -2.25. The van der Waals surface area contributed by atoms with E-state index in [0.717, 1.165) is 22.4 Å². The summed E-state index contributed by atoms with van der Waals surface area (Å²) in [4.78, 5) is 9.27. The zero-order valence-corrected chi connectivity index (χ0v) is 25.2. The van der Waals surface area contributed by atoms with Crippen molar-refractivity contribution in [1.29, 1.82) is 5.26 Å². The average molecular weight is 590 g/mol. The molecular formula is C32H32FN3O5S. The number of nitrogens with zero attached hydrogens (tertiary/aromatic N) is 3. The van der Waals surface area contributed by atoms with Crippen LogP contribution in [-0.2, 0) is 15.2 Å². The van der Waals surface area contributed by atoms with Gasteiger partial charge in [-0.25, -0.2) is 14.4 Å². The topological polar surface area (TPSA) is 99.6 Å². The normalized spacial score (nSPS) is 15.9. The molecule has 2 aromatic heterocycles. The third-order valence-electron chi connectivity index (χ3n) is 7.05. The smallest absolute Gasteiger partial charge is 0.229 e. The Kier molecular flexibility index (Phi) is 8.55. The summed E-state index contributed by atoms with van der Waals surface area (Å²) in [6.07, 6.45) is -0.130. The minimum atomic E-state index is -0.596. The Morgan fingerprint density at radius 1 is 1.10 bits per heavy atom. The molecule has 0 saturated carbocycles. The van der Waals surface area contributed by atoms with Gasteiger partial charge in [0.2, 0.25) is 5.89 Å². The van der Waals surface area contributed by atoms with Crippen molar-refractivity contribution in [1.82, 2.24) is 9.97 Å². The van der Waals surface area contributed by atoms with E-state index in [2.05, 4.69) is 11.1 Å². The van der Waals surface area contributed by atoms with E-state index >= 15 is 0 Å². The van der Waals surface area contributed by atoms with Crippen LogP contribution in [0.4, 0.5) is 4.39 Å². The minimum absolute atomic E-state index is 0.130. The van der Waals surface area contributed by atoms with Crippen molar-refractivity contribution in [2.24, 2.45) is 0 Å². The van der Waals surface area contributed by atoms with Gasteiger partial charge in [-0.1, -0.05) is 23.9 Å². The molecule has 0 spiro atoms. The SMILES string of the molecule is COc1ccc(-c2nc(CSc3nc(C)c(C)c(-c4ccc(OC[C@H]5COC(C)(C)O5)cc4)c3C#N)c(C)o2)c(F)c1. The van der Waals surface area contributed by atoms with Gasteiger partial charge in [-0.3, -0.25) is 0 Å². The quantitative estimate of drug-likeness (QED) is 0.188. The minimum Gasteiger partial charge on any atom is -0.497 e. The van der Waals surface area contributed by atoms with Crippen LogP contribution in [0.5, 0.6) is 11.5 Å². The lowest BCUT2D eigenvalue weighted by Gasteiger charge is -2.17. The predicted molar refractivity (Wildman–Crippen MR) is 157 cm³/mol. The molecule has 0 bridgehead atoms. The summed E-state index contributed by atoms with van der Waals surface area (Å²) in [7, 11) is 1.48. The second kappa shape index (κ2) is 12.1. The van der Waals surface area contributed by atoms with Gasteiger partial charge in [-0.15, -0.1) is 0 Å². The number of aryl methyl sites for hydroxylation is 2. The molecule has 0 aliphatic carbocycles. The van der Waals surface area contributed by atoms with Crippen LogP contribution in [0.2, 0.25) is 0 Å². The van der Waals surface area contributed by atoms with E-state index in [-0.39, 0.29) is 17.6 Å². The summed E-state index contributed by atoms with van der Waals surface area (Å²) in [5.74, 6) is 1.20. The van der Waals surface area contributed by atoms with Gasteiger partial charge in [0.25, 0.3) is 0 Å². The Hall–Kier alpha value is -3.91. The Morgan fingerprint density at radius 3 is 2.48 bits per heavy atom. The summed E-state index contributed by atoms with van der Waals surface area (Å²) in [6, 6.07) is 14.6. The van der Waals surface area contributed by atoms with Crippen molar-refractivity contribution in [3.8, 4) is 40.1 Å². The van der Waals surface area contributed by atoms with E-state index in [1.54, 1.807) is 19.1 Å². The third kappa shape index (κ3) is 6.28. The van der Waals surface area contributed by atoms with Crippen molar-refractivity contribution in [2.75, 3.05) is 20.3 Å². The number of rotatable bonds is 9. The standard InChI is InChI=1S/C32H32FN3O5S/c1-18-19(2)35-31(42-17-28-20(3)40-30(36-28)25-12-11-23(37-6)13-27(25)33)26(14-34)29(18)21-7-9-22(10-8-21)38-15-24-16-39-32(4,5)41-24/h7-13,24H,15-17H2,1-6H3/t24-/m0/s1. The van der Waals surface area contributed by atoms with E-state index in [9.17, 15) is 9.65 Å². The van der Waals surface area contributed by atoms with Crippen LogP contribution in [0.15, 0.2) is 51.9 Å². The van der Waals surface area contributed by atoms with Crippen LogP contribution in [0.3, 0.4) is 0 Å². The summed E-state index contributed by atoms with van der Waals surface area (Å²) < 4.78 is 42.8. The molecule has 1 saturated heterocycles. The van der Waals surface area contributed by atoms with Crippen LogP contribution < -0.4 is 9.47 Å². The molecule has 1 aliphatic rings. The van der Waals surface area contributed by atoms with Crippen molar-refractivity contribution in [3.63, 3.8) is 0 Å². The Bertz CT molecular complexity index is 1650. The molecule has 0 radical (unpaired) electrons. The number of pyridine rings is 1. The van der Waals surface area contributed by atoms with Crippen molar-refractivity contribution < 1.29 is 27.8 Å². The Balaban J connectivity index is 1.34. The number of hydrogen-bond acceptors (Lipinski definition) is 9. The molecule has 10 heteroatoms. The highest BCUT2D eigenvalue weighted by atomic mass is 32.2. The number of nitriles is 1. The molecule has 42 heavy (non-hydrogen) atoms. The summed E-state index contributed by atoms with van der Waals surface area (Å²) in [5, 5.41) is 10.8. The van der Waals surface area contributed by atoms with Crippen LogP contribution in [0.1, 0.15) is 42.1 Å². The van der Waals surface area contributed by atoms with Crippen LogP contribution in [0, 0.1) is 37.9 Å². The molecule has 1 fully saturated rings. The van der Waals surface area contributed by atoms with Gasteiger partial charge in [0.15, 0.2) is 5.79 Å². The van der Waals surface area contributed by atoms with E-state index in [0.29, 0.717) is 52.5 Å². The van der Waals surface area contributed by atoms with Gasteiger partial charge in [-0.2, -0.15) is 5.26 Å². The number of hydrogen-bond donors (Lipinski definition) is 0. The molecular weight excluding hydrogens is 557 g/mol. The van der Waals surface area contributed by atoms with Crippen LogP contribution in [-0.4, -0.2) is 42.2 Å². The second-order valence-electron chi connectivity index (χ2n) is 10.4. The molecule has 4 aromatic rings. The van der Waals surface area contributed by atoms with Gasteiger partial charge < -0.3 is 23.4 Å². The highest BCUT2D eigenvalue weighted by Gasteiger charge is 2.33. The molecule has 1 atom stereocenters. The third-order valence-corrected chi connectivity index (χ3v) is 8.04. The first-order valence-electron chi connectivity index (χ1n) is 13.5. The number of benzene rings is 2. The van der Waals surface area contributed by atoms with Crippen molar-refractivity contribution in [3.05, 3.63) is 76.6 Å². The molecule has 218 valence electrons. The fourth-order valence-electron chi connectivity index (χ4n) is 4.70. The zero-order valence-electron chi connectivity index (χ0n) is 24.4. The predicted octanol–water partition coefficient (Wildman–Crippen LogP) is 7.17. The molecule has 2 aromatic carbocycles. The maximum Gasteiger partial charge on any atom is 0.229 e. The fourth-order valence-corrected chi connectivity index (χ4v) is 5.73. The summed E-state index contributed by atoms with van der Waals surface area (Å²) >= 11 is 1.39. The first kappa shape index (κ1) is 29.6. The molecule has 0 N–H and O–H groups in total. The van der Waals surface area contributed by atoms with E-state index in [1.165, 1.54) is 24.9 Å². The lowest BCUT2D eigenvalue weighted by molar-refractivity contribution is -0.141. The summed E-state index contributed by atoms with van der Waals surface area (Å²) in [5.41, 5.74) is 4.85. The Labute approximate surface area is 248 Å². The first-order valence-corrected chi connectivity index (χ1v) is 14.5. The monoisotopic (exact) mass is 589 g/mol. The molecule has 0 amide bonds. The number of thioether (sulfide) groups is 1. The van der Waals surface area contributed by atoms with Crippen LogP contribution >= 0.6 is 11.8 Å². The highest BCUT2D eigenvalue weighted by molar-refractivity contribution is 7.98. The molecule has 0 unspecified atom stereocenters. The van der Waals surface area contributed by atoms with Crippen LogP contribution in [0.25, 0.3) is 22.6 Å². The van der Waals surface area contributed by atoms with E-state index in [4.69, 9.17) is 28.3 Å². The van der Waals surface area contributed by atoms with Gasteiger partial charge in [0.1, 0.15) is 46.9 Å². The van der Waals surface area contributed by atoms with Gasteiger partial charge in [-0.05, 0) is 70.0 Å². The number of ether oxygens (including phenoxy) is 4. The number of aromatic nitrogens is 2. The van der Waals surface area contributed by atoms with Gasteiger partial charge >= 0.3 is 0 Å². The van der Waals surface area contributed by atoms with Crippen molar-refractivity contribution >= 4 is 11.8 Å². The summed E-state index contributed by atoms with van der Waals surface area (Å²) in [6.45, 7) is 10.3. The second-order valence-corrected chi connectivity index (χ2v) is 11.4. The maximum absolute atomic E-state index is 14.6. The molecule has 5 rings (SSSR count). The molecule has 1 aliphatic heterocycles. The number of oxazole rings is 1. The first-order chi connectivity index (χ1) is 20.1.